The van der Waals surface area contributed by atoms with Gasteiger partial charge in [0.2, 0.25) is 11.9 Å². The number of anilines is 2. The summed E-state index contributed by atoms with van der Waals surface area (Å²) in [6, 6.07) is 7.40. The van der Waals surface area contributed by atoms with Gasteiger partial charge in [-0.3, -0.25) is 4.79 Å². The van der Waals surface area contributed by atoms with Gasteiger partial charge in [0.05, 0.1) is 5.92 Å². The number of aromatic nitrogens is 3. The van der Waals surface area contributed by atoms with Crippen LogP contribution in [0.3, 0.4) is 0 Å². The van der Waals surface area contributed by atoms with E-state index in [1.54, 1.807) is 18.5 Å². The average Bonchev–Trinajstić information content (AvgIpc) is 2.56. The lowest BCUT2D eigenvalue weighted by Crippen LogP contribution is -2.41. The fraction of sp³-hybridized carbons (Fsp3) is 0.375. The maximum Gasteiger partial charge on any atom is 0.230 e. The maximum atomic E-state index is 12.4. The number of nitrogens with one attached hydrogen (secondary N) is 1. The predicted molar refractivity (Wildman–Crippen MR) is 84.6 cm³/mol. The van der Waals surface area contributed by atoms with E-state index >= 15 is 0 Å². The highest BCUT2D eigenvalue weighted by molar-refractivity contribution is 5.92. The highest BCUT2D eigenvalue weighted by Crippen LogP contribution is 2.21. The second-order valence-electron chi connectivity index (χ2n) is 5.49. The van der Waals surface area contributed by atoms with Gasteiger partial charge in [-0.15, -0.1) is 0 Å². The van der Waals surface area contributed by atoms with Crippen LogP contribution in [-0.2, 0) is 4.79 Å². The number of aryl methyl sites for hydroxylation is 1. The summed E-state index contributed by atoms with van der Waals surface area (Å²) in [6.45, 7) is 3.43. The SMILES string of the molecule is Cc1cccc(NC(=O)[C@H]2CCCN(c3ncccn3)C2)n1. The summed E-state index contributed by atoms with van der Waals surface area (Å²) < 4.78 is 0. The molecule has 1 atom stereocenters. The lowest BCUT2D eigenvalue weighted by Gasteiger charge is -2.31. The molecule has 3 rings (SSSR count). The molecule has 1 aliphatic rings. The molecule has 0 aliphatic carbocycles. The van der Waals surface area contributed by atoms with Crippen LogP contribution in [0.5, 0.6) is 0 Å². The maximum absolute atomic E-state index is 12.4. The van der Waals surface area contributed by atoms with Crippen molar-refractivity contribution in [1.29, 1.82) is 0 Å². The van der Waals surface area contributed by atoms with Crippen LogP contribution in [0.2, 0.25) is 0 Å². The van der Waals surface area contributed by atoms with Crippen LogP contribution < -0.4 is 10.2 Å². The molecule has 0 bridgehead atoms. The Morgan fingerprint density at radius 3 is 2.86 bits per heavy atom. The molecule has 1 N–H and O–H groups in total. The first-order valence-corrected chi connectivity index (χ1v) is 7.49. The molecule has 3 heterocycles. The largest absolute Gasteiger partial charge is 0.340 e. The third kappa shape index (κ3) is 3.39. The standard InChI is InChI=1S/C16H19N5O/c1-12-5-2-7-14(19-12)20-15(22)13-6-3-10-21(11-13)16-17-8-4-9-18-16/h2,4-5,7-9,13H,3,6,10-11H2,1H3,(H,19,20,22)/t13-/m0/s1. The molecule has 0 unspecified atom stereocenters. The smallest absolute Gasteiger partial charge is 0.230 e. The first-order valence-electron chi connectivity index (χ1n) is 7.49. The molecule has 0 aromatic carbocycles. The zero-order valence-electron chi connectivity index (χ0n) is 12.6. The van der Waals surface area contributed by atoms with Gasteiger partial charge in [0.25, 0.3) is 0 Å². The molecule has 1 saturated heterocycles. The molecule has 2 aromatic heterocycles. The Kier molecular flexibility index (Phi) is 4.27. The summed E-state index contributed by atoms with van der Waals surface area (Å²) >= 11 is 0. The van der Waals surface area contributed by atoms with E-state index in [-0.39, 0.29) is 11.8 Å². The van der Waals surface area contributed by atoms with Crippen molar-refractivity contribution in [2.75, 3.05) is 23.3 Å². The number of nitrogens with zero attached hydrogens (tertiary/aromatic N) is 4. The van der Waals surface area contributed by atoms with Crippen molar-refractivity contribution in [3.63, 3.8) is 0 Å². The fourth-order valence-corrected chi connectivity index (χ4v) is 2.67. The van der Waals surface area contributed by atoms with Crippen LogP contribution in [0.15, 0.2) is 36.7 Å². The molecule has 114 valence electrons. The summed E-state index contributed by atoms with van der Waals surface area (Å²) in [4.78, 5) is 27.3. The van der Waals surface area contributed by atoms with Gasteiger partial charge in [0.15, 0.2) is 0 Å². The van der Waals surface area contributed by atoms with E-state index in [2.05, 4.69) is 25.2 Å². The van der Waals surface area contributed by atoms with E-state index in [0.717, 1.165) is 25.1 Å². The van der Waals surface area contributed by atoms with Crippen LogP contribution in [0, 0.1) is 12.8 Å². The molecule has 0 spiro atoms. The Balaban J connectivity index is 1.65. The van der Waals surface area contributed by atoms with Gasteiger partial charge >= 0.3 is 0 Å². The fourth-order valence-electron chi connectivity index (χ4n) is 2.67. The third-order valence-electron chi connectivity index (χ3n) is 3.77. The summed E-state index contributed by atoms with van der Waals surface area (Å²) in [7, 11) is 0. The van der Waals surface area contributed by atoms with Crippen LogP contribution in [0.4, 0.5) is 11.8 Å². The Labute approximate surface area is 129 Å². The number of rotatable bonds is 3. The minimum absolute atomic E-state index is 0.0127. The van der Waals surface area contributed by atoms with E-state index in [1.807, 2.05) is 25.1 Å². The van der Waals surface area contributed by atoms with Gasteiger partial charge in [0.1, 0.15) is 5.82 Å². The van der Waals surface area contributed by atoms with Gasteiger partial charge in [-0.05, 0) is 38.0 Å². The second-order valence-corrected chi connectivity index (χ2v) is 5.49. The summed E-state index contributed by atoms with van der Waals surface area (Å²) in [5.74, 6) is 1.24. The quantitative estimate of drug-likeness (QED) is 0.938. The molecule has 1 amide bonds. The lowest BCUT2D eigenvalue weighted by atomic mass is 9.97. The van der Waals surface area contributed by atoms with Crippen molar-refractivity contribution in [3.05, 3.63) is 42.4 Å². The Bertz CT molecular complexity index is 646. The zero-order valence-corrected chi connectivity index (χ0v) is 12.6. The highest BCUT2D eigenvalue weighted by Gasteiger charge is 2.27. The van der Waals surface area contributed by atoms with Gasteiger partial charge in [-0.1, -0.05) is 6.07 Å². The number of carbonyl (C=O) groups excluding carboxylic acids is 1. The van der Waals surface area contributed by atoms with Crippen LogP contribution >= 0.6 is 0 Å². The van der Waals surface area contributed by atoms with E-state index in [1.165, 1.54) is 0 Å². The van der Waals surface area contributed by atoms with Crippen molar-refractivity contribution in [2.24, 2.45) is 5.92 Å². The van der Waals surface area contributed by atoms with Gasteiger partial charge in [-0.2, -0.15) is 0 Å². The Morgan fingerprint density at radius 2 is 2.09 bits per heavy atom. The summed E-state index contributed by atoms with van der Waals surface area (Å²) in [6.07, 6.45) is 5.28. The van der Waals surface area contributed by atoms with Crippen molar-refractivity contribution in [3.8, 4) is 0 Å². The molecule has 1 fully saturated rings. The molecule has 22 heavy (non-hydrogen) atoms. The topological polar surface area (TPSA) is 71.0 Å². The van der Waals surface area contributed by atoms with Gasteiger partial charge in [0, 0.05) is 31.2 Å². The lowest BCUT2D eigenvalue weighted by molar-refractivity contribution is -0.120. The number of hydrogen-bond donors (Lipinski definition) is 1. The zero-order chi connectivity index (χ0) is 15.4. The second kappa shape index (κ2) is 6.51. The Hall–Kier alpha value is -2.50. The average molecular weight is 297 g/mol. The van der Waals surface area contributed by atoms with Crippen LogP contribution in [-0.4, -0.2) is 33.9 Å². The molecular weight excluding hydrogens is 278 g/mol. The molecule has 1 aliphatic heterocycles. The monoisotopic (exact) mass is 297 g/mol. The van der Waals surface area contributed by atoms with Crippen LogP contribution in [0.25, 0.3) is 0 Å². The van der Waals surface area contributed by atoms with Crippen molar-refractivity contribution < 1.29 is 4.79 Å². The third-order valence-corrected chi connectivity index (χ3v) is 3.77. The van der Waals surface area contributed by atoms with E-state index in [4.69, 9.17) is 0 Å². The predicted octanol–water partition coefficient (Wildman–Crippen LogP) is 2.04. The molecule has 0 radical (unpaired) electrons. The summed E-state index contributed by atoms with van der Waals surface area (Å²) in [5, 5.41) is 2.91. The van der Waals surface area contributed by atoms with E-state index in [9.17, 15) is 4.79 Å². The minimum Gasteiger partial charge on any atom is -0.340 e. The number of amides is 1. The molecule has 6 heteroatoms. The van der Waals surface area contributed by atoms with Crippen molar-refractivity contribution in [2.45, 2.75) is 19.8 Å². The van der Waals surface area contributed by atoms with Gasteiger partial charge in [-0.25, -0.2) is 15.0 Å². The number of piperidine rings is 1. The Morgan fingerprint density at radius 1 is 1.27 bits per heavy atom. The molecule has 2 aromatic rings. The van der Waals surface area contributed by atoms with Crippen molar-refractivity contribution >= 4 is 17.7 Å². The highest BCUT2D eigenvalue weighted by atomic mass is 16.2. The summed E-state index contributed by atoms with van der Waals surface area (Å²) in [5.41, 5.74) is 0.890. The minimum atomic E-state index is -0.0696. The first kappa shape index (κ1) is 14.4. The normalized spacial score (nSPS) is 18.0. The van der Waals surface area contributed by atoms with E-state index < -0.39 is 0 Å². The van der Waals surface area contributed by atoms with Crippen molar-refractivity contribution in [1.82, 2.24) is 15.0 Å². The van der Waals surface area contributed by atoms with Crippen LogP contribution in [0.1, 0.15) is 18.5 Å². The van der Waals surface area contributed by atoms with Gasteiger partial charge < -0.3 is 10.2 Å². The number of hydrogen-bond acceptors (Lipinski definition) is 5. The van der Waals surface area contributed by atoms with E-state index in [0.29, 0.717) is 18.3 Å². The number of pyridine rings is 1. The molecular formula is C16H19N5O. The first-order chi connectivity index (χ1) is 10.7. The molecule has 0 saturated carbocycles. The molecule has 6 nitrogen and oxygen atoms in total. The number of carbonyl (C=O) groups is 1.